The van der Waals surface area contributed by atoms with E-state index >= 15 is 0 Å². The lowest BCUT2D eigenvalue weighted by Gasteiger charge is -2.63. The Bertz CT molecular complexity index is 749. The molecule has 1 saturated heterocycles. The molecule has 4 aliphatic rings. The molecule has 5 heteroatoms. The van der Waals surface area contributed by atoms with Crippen LogP contribution >= 0.6 is 0 Å². The average Bonchev–Trinajstić information content (AvgIpc) is 2.96. The van der Waals surface area contributed by atoms with Crippen LogP contribution in [0.3, 0.4) is 0 Å². The molecule has 0 unspecified atom stereocenters. The molecule has 1 aromatic rings. The van der Waals surface area contributed by atoms with Gasteiger partial charge in [0.2, 0.25) is 0 Å². The van der Waals surface area contributed by atoms with Gasteiger partial charge >= 0.3 is 0 Å². The number of piperidine rings is 1. The standard InChI is InChI=1S/C20H25NO4/c1-3-9-21-10-8-19-16-12-4-5-14(24-2)17(16)25-18(19)13(22)6-7-20(19,23)15(21)11-12/h3-5,13,15,18,22-23H,1,6-11H2,2H3/t13-,15-,18+,19+,20-/m0/s1. The molecule has 2 fully saturated rings. The topological polar surface area (TPSA) is 62.2 Å². The smallest absolute Gasteiger partial charge is 0.166 e. The maximum Gasteiger partial charge on any atom is 0.166 e. The number of aliphatic hydroxyl groups is 2. The van der Waals surface area contributed by atoms with Crippen molar-refractivity contribution in [3.8, 4) is 11.5 Å². The van der Waals surface area contributed by atoms with Gasteiger partial charge in [0, 0.05) is 18.2 Å². The van der Waals surface area contributed by atoms with Gasteiger partial charge in [0.25, 0.3) is 0 Å². The number of ether oxygens (including phenoxy) is 2. The maximum absolute atomic E-state index is 12.0. The van der Waals surface area contributed by atoms with Gasteiger partial charge in [0.15, 0.2) is 11.5 Å². The fourth-order valence-electron chi connectivity index (χ4n) is 6.14. The van der Waals surface area contributed by atoms with Gasteiger partial charge in [0.1, 0.15) is 6.10 Å². The summed E-state index contributed by atoms with van der Waals surface area (Å²) >= 11 is 0. The van der Waals surface area contributed by atoms with Crippen molar-refractivity contribution in [2.75, 3.05) is 20.2 Å². The monoisotopic (exact) mass is 343 g/mol. The second kappa shape index (κ2) is 5.00. The Morgan fingerprint density at radius 1 is 1.44 bits per heavy atom. The Morgan fingerprint density at radius 3 is 3.04 bits per heavy atom. The average molecular weight is 343 g/mol. The molecule has 134 valence electrons. The summed E-state index contributed by atoms with van der Waals surface area (Å²) < 4.78 is 11.8. The van der Waals surface area contributed by atoms with Gasteiger partial charge in [0.05, 0.1) is 24.2 Å². The molecule has 2 aliphatic heterocycles. The zero-order valence-electron chi connectivity index (χ0n) is 14.6. The summed E-state index contributed by atoms with van der Waals surface area (Å²) in [5.74, 6) is 1.43. The van der Waals surface area contributed by atoms with E-state index in [4.69, 9.17) is 9.47 Å². The molecule has 0 amide bonds. The van der Waals surface area contributed by atoms with Crippen LogP contribution in [0.5, 0.6) is 11.5 Å². The molecule has 5 rings (SSSR count). The van der Waals surface area contributed by atoms with Gasteiger partial charge in [-0.1, -0.05) is 12.1 Å². The van der Waals surface area contributed by atoms with Gasteiger partial charge in [-0.15, -0.1) is 6.58 Å². The molecule has 1 aromatic carbocycles. The highest BCUT2D eigenvalue weighted by atomic mass is 16.5. The lowest BCUT2D eigenvalue weighted by Crippen LogP contribution is -2.77. The number of rotatable bonds is 3. The third-order valence-corrected chi connectivity index (χ3v) is 7.11. The normalized spacial score (nSPS) is 41.0. The predicted octanol–water partition coefficient (Wildman–Crippen LogP) is 1.40. The zero-order valence-corrected chi connectivity index (χ0v) is 14.6. The number of hydrogen-bond donors (Lipinski definition) is 2. The SMILES string of the molecule is C=CCN1CC[C@@]23c4c5ccc(OC)c4O[C@@H]2[C@@H](O)CC[C@]3(O)[C@@H]1C5. The van der Waals surface area contributed by atoms with E-state index in [2.05, 4.69) is 17.5 Å². The van der Waals surface area contributed by atoms with E-state index in [0.717, 1.165) is 37.2 Å². The van der Waals surface area contributed by atoms with Crippen molar-refractivity contribution in [2.24, 2.45) is 0 Å². The summed E-state index contributed by atoms with van der Waals surface area (Å²) in [4.78, 5) is 2.35. The molecular weight excluding hydrogens is 318 g/mol. The van der Waals surface area contributed by atoms with E-state index in [1.54, 1.807) is 7.11 Å². The largest absolute Gasteiger partial charge is 0.493 e. The summed E-state index contributed by atoms with van der Waals surface area (Å²) in [6, 6.07) is 4.09. The third kappa shape index (κ3) is 1.65. The summed E-state index contributed by atoms with van der Waals surface area (Å²) in [5.41, 5.74) is 0.885. The molecule has 0 radical (unpaired) electrons. The van der Waals surface area contributed by atoms with Crippen LogP contribution in [0.4, 0.5) is 0 Å². The first-order valence-electron chi connectivity index (χ1n) is 9.19. The molecule has 0 aromatic heterocycles. The second-order valence-corrected chi connectivity index (χ2v) is 7.92. The number of benzene rings is 1. The van der Waals surface area contributed by atoms with Crippen molar-refractivity contribution in [3.05, 3.63) is 35.9 Å². The fourth-order valence-corrected chi connectivity index (χ4v) is 6.14. The van der Waals surface area contributed by atoms with Crippen LogP contribution in [0, 0.1) is 0 Å². The molecule has 2 bridgehead atoms. The lowest BCUT2D eigenvalue weighted by molar-refractivity contribution is -0.206. The van der Waals surface area contributed by atoms with Crippen molar-refractivity contribution in [1.82, 2.24) is 4.90 Å². The summed E-state index contributed by atoms with van der Waals surface area (Å²) in [6.45, 7) is 5.54. The van der Waals surface area contributed by atoms with Gasteiger partial charge in [-0.2, -0.15) is 0 Å². The van der Waals surface area contributed by atoms with E-state index in [0.29, 0.717) is 18.6 Å². The number of nitrogens with zero attached hydrogens (tertiary/aromatic N) is 1. The van der Waals surface area contributed by atoms with Crippen LogP contribution in [0.25, 0.3) is 0 Å². The first-order valence-corrected chi connectivity index (χ1v) is 9.19. The van der Waals surface area contributed by atoms with Gasteiger partial charge in [-0.25, -0.2) is 0 Å². The number of methoxy groups -OCH3 is 1. The van der Waals surface area contributed by atoms with Crippen LogP contribution in [0.15, 0.2) is 24.8 Å². The summed E-state index contributed by atoms with van der Waals surface area (Å²) in [5, 5.41) is 22.7. The molecule has 1 saturated carbocycles. The zero-order chi connectivity index (χ0) is 17.4. The van der Waals surface area contributed by atoms with Crippen molar-refractivity contribution >= 4 is 0 Å². The molecule has 2 aliphatic carbocycles. The number of aliphatic hydroxyl groups excluding tert-OH is 1. The van der Waals surface area contributed by atoms with Crippen LogP contribution in [0.1, 0.15) is 30.4 Å². The lowest BCUT2D eigenvalue weighted by atomic mass is 9.48. The van der Waals surface area contributed by atoms with Gasteiger partial charge in [-0.3, -0.25) is 4.90 Å². The van der Waals surface area contributed by atoms with Gasteiger partial charge < -0.3 is 19.7 Å². The van der Waals surface area contributed by atoms with Crippen LogP contribution in [-0.4, -0.2) is 59.2 Å². The Labute approximate surface area is 147 Å². The van der Waals surface area contributed by atoms with Crippen molar-refractivity contribution in [1.29, 1.82) is 0 Å². The minimum absolute atomic E-state index is 0.0321. The Hall–Kier alpha value is -1.56. The maximum atomic E-state index is 12.0. The van der Waals surface area contributed by atoms with E-state index in [1.807, 2.05) is 12.1 Å². The Kier molecular flexibility index (Phi) is 3.13. The molecular formula is C20H25NO4. The quantitative estimate of drug-likeness (QED) is 0.813. The summed E-state index contributed by atoms with van der Waals surface area (Å²) in [7, 11) is 1.64. The van der Waals surface area contributed by atoms with E-state index in [1.165, 1.54) is 5.56 Å². The van der Waals surface area contributed by atoms with Crippen molar-refractivity contribution in [2.45, 2.75) is 54.9 Å². The highest BCUT2D eigenvalue weighted by Crippen LogP contribution is 2.65. The van der Waals surface area contributed by atoms with Crippen molar-refractivity contribution < 1.29 is 19.7 Å². The fraction of sp³-hybridized carbons (Fsp3) is 0.600. The van der Waals surface area contributed by atoms with E-state index in [9.17, 15) is 10.2 Å². The first kappa shape index (κ1) is 15.7. The third-order valence-electron chi connectivity index (χ3n) is 7.11. The number of likely N-dealkylation sites (tertiary alicyclic amines) is 1. The predicted molar refractivity (Wildman–Crippen MR) is 93.2 cm³/mol. The van der Waals surface area contributed by atoms with Crippen LogP contribution in [0.2, 0.25) is 0 Å². The van der Waals surface area contributed by atoms with E-state index in [-0.39, 0.29) is 6.04 Å². The molecule has 5 atom stereocenters. The second-order valence-electron chi connectivity index (χ2n) is 7.92. The van der Waals surface area contributed by atoms with Crippen LogP contribution in [-0.2, 0) is 11.8 Å². The molecule has 2 heterocycles. The molecule has 1 spiro atoms. The van der Waals surface area contributed by atoms with E-state index < -0.39 is 23.2 Å². The summed E-state index contributed by atoms with van der Waals surface area (Å²) in [6.07, 6.45) is 3.69. The Morgan fingerprint density at radius 2 is 2.28 bits per heavy atom. The van der Waals surface area contributed by atoms with Gasteiger partial charge in [-0.05, 0) is 43.9 Å². The Balaban J connectivity index is 1.77. The first-order chi connectivity index (χ1) is 12.1. The minimum atomic E-state index is -0.886. The highest BCUT2D eigenvalue weighted by molar-refractivity contribution is 5.62. The van der Waals surface area contributed by atoms with Crippen LogP contribution < -0.4 is 9.47 Å². The molecule has 5 nitrogen and oxygen atoms in total. The number of hydrogen-bond acceptors (Lipinski definition) is 5. The highest BCUT2D eigenvalue weighted by Gasteiger charge is 2.72. The molecule has 25 heavy (non-hydrogen) atoms. The van der Waals surface area contributed by atoms with Crippen molar-refractivity contribution in [3.63, 3.8) is 0 Å². The molecule has 2 N–H and O–H groups in total. The minimum Gasteiger partial charge on any atom is -0.493 e.